The van der Waals surface area contributed by atoms with Gasteiger partial charge in [-0.25, -0.2) is 4.98 Å². The number of aromatic nitrogens is 1. The lowest BCUT2D eigenvalue weighted by Gasteiger charge is -2.23. The van der Waals surface area contributed by atoms with Crippen molar-refractivity contribution in [2.45, 2.75) is 46.2 Å². The molecular weight excluding hydrogens is 270 g/mol. The first kappa shape index (κ1) is 14.8. The molecule has 4 nitrogen and oxygen atoms in total. The van der Waals surface area contributed by atoms with Gasteiger partial charge in [0, 0.05) is 5.54 Å². The van der Waals surface area contributed by atoms with Crippen LogP contribution in [0.4, 0.5) is 5.13 Å². The minimum absolute atomic E-state index is 0.0199. The molecule has 1 heterocycles. The lowest BCUT2D eigenvalue weighted by molar-refractivity contribution is -0.122. The Morgan fingerprint density at radius 1 is 1.35 bits per heavy atom. The number of nitrogens with zero attached hydrogens (tertiary/aromatic N) is 1. The maximum absolute atomic E-state index is 12.0. The summed E-state index contributed by atoms with van der Waals surface area (Å²) in [5.41, 5.74) is 1.93. The number of para-hydroxylation sites is 1. The van der Waals surface area contributed by atoms with E-state index in [-0.39, 0.29) is 17.5 Å². The Balaban J connectivity index is 2.12. The van der Waals surface area contributed by atoms with Crippen LogP contribution in [0, 0.1) is 6.92 Å². The average molecular weight is 291 g/mol. The van der Waals surface area contributed by atoms with Crippen LogP contribution in [0.2, 0.25) is 0 Å². The van der Waals surface area contributed by atoms with E-state index in [9.17, 15) is 4.79 Å². The normalized spacial score (nSPS) is 13.2. The maximum Gasteiger partial charge on any atom is 0.242 e. The Bertz CT molecular complexity index is 628. The Morgan fingerprint density at radius 3 is 2.65 bits per heavy atom. The van der Waals surface area contributed by atoms with Gasteiger partial charge in [-0.1, -0.05) is 23.5 Å². The maximum atomic E-state index is 12.0. The van der Waals surface area contributed by atoms with Crippen LogP contribution in [0.1, 0.15) is 33.3 Å². The minimum Gasteiger partial charge on any atom is -0.350 e. The van der Waals surface area contributed by atoms with E-state index < -0.39 is 0 Å². The van der Waals surface area contributed by atoms with Gasteiger partial charge < -0.3 is 10.6 Å². The van der Waals surface area contributed by atoms with Crippen LogP contribution in [0.3, 0.4) is 0 Å². The fraction of sp³-hybridized carbons (Fsp3) is 0.467. The highest BCUT2D eigenvalue weighted by Gasteiger charge is 2.20. The molecule has 0 saturated carbocycles. The number of benzene rings is 1. The number of amides is 1. The first-order chi connectivity index (χ1) is 9.26. The molecule has 0 aliphatic rings. The molecule has 2 N–H and O–H groups in total. The Labute approximate surface area is 123 Å². The second-order valence-electron chi connectivity index (χ2n) is 6.05. The largest absolute Gasteiger partial charge is 0.350 e. The summed E-state index contributed by atoms with van der Waals surface area (Å²) >= 11 is 1.57. The molecule has 1 unspecified atom stereocenters. The van der Waals surface area contributed by atoms with Crippen molar-refractivity contribution in [1.82, 2.24) is 10.3 Å². The van der Waals surface area contributed by atoms with E-state index in [2.05, 4.69) is 15.6 Å². The van der Waals surface area contributed by atoms with Crippen molar-refractivity contribution < 1.29 is 4.79 Å². The molecule has 2 rings (SSSR count). The lowest BCUT2D eigenvalue weighted by atomic mass is 10.1. The molecule has 0 bridgehead atoms. The summed E-state index contributed by atoms with van der Waals surface area (Å²) in [6.07, 6.45) is 0. The Kier molecular flexibility index (Phi) is 3.99. The van der Waals surface area contributed by atoms with Gasteiger partial charge >= 0.3 is 0 Å². The number of hydrogen-bond donors (Lipinski definition) is 2. The molecular formula is C15H21N3OS. The third-order valence-corrected chi connectivity index (χ3v) is 3.80. The molecule has 2 aromatic rings. The molecule has 0 aliphatic carbocycles. The van der Waals surface area contributed by atoms with Gasteiger partial charge in [-0.15, -0.1) is 0 Å². The number of carbonyl (C=O) groups excluding carboxylic acids is 1. The van der Waals surface area contributed by atoms with E-state index in [1.54, 1.807) is 11.3 Å². The number of aryl methyl sites for hydroxylation is 1. The van der Waals surface area contributed by atoms with E-state index >= 15 is 0 Å². The second kappa shape index (κ2) is 5.40. The fourth-order valence-electron chi connectivity index (χ4n) is 1.88. The molecule has 1 aromatic carbocycles. The number of carbonyl (C=O) groups is 1. The monoisotopic (exact) mass is 291 g/mol. The summed E-state index contributed by atoms with van der Waals surface area (Å²) in [5.74, 6) is -0.0199. The second-order valence-corrected chi connectivity index (χ2v) is 7.08. The number of fused-ring (bicyclic) bond motifs is 1. The molecule has 1 atom stereocenters. The first-order valence-electron chi connectivity index (χ1n) is 6.71. The molecule has 108 valence electrons. The van der Waals surface area contributed by atoms with Gasteiger partial charge in [0.15, 0.2) is 5.13 Å². The summed E-state index contributed by atoms with van der Waals surface area (Å²) in [4.78, 5) is 16.6. The highest BCUT2D eigenvalue weighted by molar-refractivity contribution is 7.22. The third kappa shape index (κ3) is 3.48. The topological polar surface area (TPSA) is 54.0 Å². The zero-order valence-corrected chi connectivity index (χ0v) is 13.4. The van der Waals surface area contributed by atoms with E-state index in [0.29, 0.717) is 0 Å². The standard InChI is InChI=1S/C15H21N3OS/c1-9-7-6-8-11-12(9)17-14(20-11)16-10(2)13(19)18-15(3,4)5/h6-8,10H,1-5H3,(H,16,17)(H,18,19). The van der Waals surface area contributed by atoms with Crippen LogP contribution in [-0.4, -0.2) is 22.5 Å². The smallest absolute Gasteiger partial charge is 0.242 e. The third-order valence-electron chi connectivity index (χ3n) is 2.85. The average Bonchev–Trinajstić information content (AvgIpc) is 2.70. The molecule has 1 aromatic heterocycles. The summed E-state index contributed by atoms with van der Waals surface area (Å²) in [5, 5.41) is 6.92. The van der Waals surface area contributed by atoms with E-state index in [1.807, 2.05) is 52.8 Å². The van der Waals surface area contributed by atoms with Crippen LogP contribution < -0.4 is 10.6 Å². The zero-order valence-electron chi connectivity index (χ0n) is 12.6. The van der Waals surface area contributed by atoms with Crippen molar-refractivity contribution in [2.24, 2.45) is 0 Å². The summed E-state index contributed by atoms with van der Waals surface area (Å²) in [6.45, 7) is 9.80. The quantitative estimate of drug-likeness (QED) is 0.912. The highest BCUT2D eigenvalue weighted by atomic mass is 32.1. The molecule has 20 heavy (non-hydrogen) atoms. The first-order valence-corrected chi connectivity index (χ1v) is 7.52. The molecule has 1 amide bonds. The van der Waals surface area contributed by atoms with Crippen molar-refractivity contribution >= 4 is 32.6 Å². The highest BCUT2D eigenvalue weighted by Crippen LogP contribution is 2.28. The summed E-state index contributed by atoms with van der Waals surface area (Å²) < 4.78 is 1.14. The van der Waals surface area contributed by atoms with Gasteiger partial charge in [0.05, 0.1) is 10.2 Å². The number of rotatable bonds is 3. The van der Waals surface area contributed by atoms with Crippen LogP contribution in [0.5, 0.6) is 0 Å². The van der Waals surface area contributed by atoms with E-state index in [4.69, 9.17) is 0 Å². The Hall–Kier alpha value is -1.62. The molecule has 0 radical (unpaired) electrons. The lowest BCUT2D eigenvalue weighted by Crippen LogP contribution is -2.47. The van der Waals surface area contributed by atoms with Crippen LogP contribution in [-0.2, 0) is 4.79 Å². The number of hydrogen-bond acceptors (Lipinski definition) is 4. The SMILES string of the molecule is Cc1cccc2sc(NC(C)C(=O)NC(C)(C)C)nc12. The number of anilines is 1. The van der Waals surface area contributed by atoms with Crippen molar-refractivity contribution in [3.05, 3.63) is 23.8 Å². The molecule has 0 fully saturated rings. The van der Waals surface area contributed by atoms with Gasteiger partial charge in [0.1, 0.15) is 6.04 Å². The predicted molar refractivity (Wildman–Crippen MR) is 85.3 cm³/mol. The van der Waals surface area contributed by atoms with Crippen LogP contribution in [0.25, 0.3) is 10.2 Å². The van der Waals surface area contributed by atoms with Crippen molar-refractivity contribution in [3.8, 4) is 0 Å². The summed E-state index contributed by atoms with van der Waals surface area (Å²) in [7, 11) is 0. The van der Waals surface area contributed by atoms with Gasteiger partial charge in [-0.2, -0.15) is 0 Å². The van der Waals surface area contributed by atoms with Crippen molar-refractivity contribution in [3.63, 3.8) is 0 Å². The van der Waals surface area contributed by atoms with Crippen LogP contribution >= 0.6 is 11.3 Å². The Morgan fingerprint density at radius 2 is 2.05 bits per heavy atom. The molecule has 0 aliphatic heterocycles. The summed E-state index contributed by atoms with van der Waals surface area (Å²) in [6, 6.07) is 5.80. The number of thiazole rings is 1. The number of nitrogens with one attached hydrogen (secondary N) is 2. The van der Waals surface area contributed by atoms with Crippen molar-refractivity contribution in [1.29, 1.82) is 0 Å². The van der Waals surface area contributed by atoms with Gasteiger partial charge in [-0.3, -0.25) is 4.79 Å². The van der Waals surface area contributed by atoms with Gasteiger partial charge in [0.25, 0.3) is 0 Å². The molecule has 0 spiro atoms. The van der Waals surface area contributed by atoms with Crippen molar-refractivity contribution in [2.75, 3.05) is 5.32 Å². The fourth-order valence-corrected chi connectivity index (χ4v) is 2.91. The zero-order chi connectivity index (χ0) is 14.9. The van der Waals surface area contributed by atoms with E-state index in [1.165, 1.54) is 0 Å². The molecule has 5 heteroatoms. The minimum atomic E-state index is -0.310. The van der Waals surface area contributed by atoms with Gasteiger partial charge in [0.2, 0.25) is 5.91 Å². The molecule has 0 saturated heterocycles. The predicted octanol–water partition coefficient (Wildman–Crippen LogP) is 3.32. The van der Waals surface area contributed by atoms with Crippen LogP contribution in [0.15, 0.2) is 18.2 Å². The van der Waals surface area contributed by atoms with E-state index in [0.717, 1.165) is 20.9 Å². The van der Waals surface area contributed by atoms with Gasteiger partial charge in [-0.05, 0) is 46.2 Å².